The van der Waals surface area contributed by atoms with Crippen LogP contribution in [0.1, 0.15) is 25.0 Å². The van der Waals surface area contributed by atoms with Crippen LogP contribution in [-0.2, 0) is 6.42 Å². The molecule has 2 N–H and O–H groups in total. The van der Waals surface area contributed by atoms with E-state index in [1.165, 1.54) is 0 Å². The van der Waals surface area contributed by atoms with E-state index in [1.54, 1.807) is 12.1 Å². The van der Waals surface area contributed by atoms with Crippen molar-refractivity contribution in [3.8, 4) is 11.5 Å². The normalized spacial score (nSPS) is 27.8. The second-order valence-corrected chi connectivity index (χ2v) is 5.29. The number of aliphatic hydroxyl groups excluding tert-OH is 2. The van der Waals surface area contributed by atoms with Gasteiger partial charge in [-0.25, -0.2) is 0 Å². The summed E-state index contributed by atoms with van der Waals surface area (Å²) in [6, 6.07) is 3.72. The summed E-state index contributed by atoms with van der Waals surface area (Å²) in [5, 5.41) is 19.4. The van der Waals surface area contributed by atoms with Crippen molar-refractivity contribution in [2.45, 2.75) is 38.3 Å². The summed E-state index contributed by atoms with van der Waals surface area (Å²) in [4.78, 5) is 0. The number of hydrogen-bond donors (Lipinski definition) is 2. The third-order valence-corrected chi connectivity index (χ3v) is 3.47. The number of benzene rings is 1. The molecule has 0 saturated heterocycles. The van der Waals surface area contributed by atoms with E-state index in [0.29, 0.717) is 17.9 Å². The molecule has 0 bridgehead atoms. The molecular weight excluding hydrogens is 232 g/mol. The van der Waals surface area contributed by atoms with Gasteiger partial charge in [-0.2, -0.15) is 0 Å². The summed E-state index contributed by atoms with van der Waals surface area (Å²) in [6.07, 6.45) is 2.53. The summed E-state index contributed by atoms with van der Waals surface area (Å²) >= 11 is 0. The lowest BCUT2D eigenvalue weighted by Gasteiger charge is -2.37. The lowest BCUT2D eigenvalue weighted by atomic mass is 9.90. The molecule has 18 heavy (non-hydrogen) atoms. The van der Waals surface area contributed by atoms with Crippen LogP contribution in [0.25, 0.3) is 6.08 Å². The Balaban J connectivity index is 2.04. The molecule has 0 aliphatic carbocycles. The lowest BCUT2D eigenvalue weighted by molar-refractivity contribution is -0.0417. The smallest absolute Gasteiger partial charge is 0.217 e. The van der Waals surface area contributed by atoms with Gasteiger partial charge in [0.25, 0.3) is 0 Å². The molecule has 4 nitrogen and oxygen atoms in total. The van der Waals surface area contributed by atoms with E-state index >= 15 is 0 Å². The second-order valence-electron chi connectivity index (χ2n) is 5.29. The highest BCUT2D eigenvalue weighted by Crippen LogP contribution is 2.39. The Morgan fingerprint density at radius 3 is 2.78 bits per heavy atom. The molecule has 0 radical (unpaired) electrons. The summed E-state index contributed by atoms with van der Waals surface area (Å²) in [5.41, 5.74) is 1.25. The fraction of sp³-hybridized carbons (Fsp3) is 0.429. The van der Waals surface area contributed by atoms with Crippen LogP contribution < -0.4 is 9.47 Å². The maximum Gasteiger partial charge on any atom is 0.217 e. The summed E-state index contributed by atoms with van der Waals surface area (Å²) in [6.45, 7) is 3.71. The van der Waals surface area contributed by atoms with Crippen LogP contribution >= 0.6 is 0 Å². The first-order valence-corrected chi connectivity index (χ1v) is 6.02. The molecule has 1 aromatic rings. The molecule has 2 aliphatic heterocycles. The Hall–Kier alpha value is -1.52. The van der Waals surface area contributed by atoms with Crippen molar-refractivity contribution in [3.05, 3.63) is 29.3 Å². The van der Waals surface area contributed by atoms with Crippen LogP contribution in [0.3, 0.4) is 0 Å². The van der Waals surface area contributed by atoms with E-state index in [2.05, 4.69) is 0 Å². The molecule has 3 rings (SSSR count). The first-order chi connectivity index (χ1) is 8.45. The molecule has 1 aromatic carbocycles. The molecule has 96 valence electrons. The van der Waals surface area contributed by atoms with Crippen LogP contribution in [0.4, 0.5) is 0 Å². The average Bonchev–Trinajstić information content (AvgIpc) is 2.28. The molecule has 0 fully saturated rings. The van der Waals surface area contributed by atoms with Crippen LogP contribution in [0.5, 0.6) is 11.5 Å². The van der Waals surface area contributed by atoms with Gasteiger partial charge in [0.2, 0.25) is 6.29 Å². The fourth-order valence-corrected chi connectivity index (χ4v) is 2.27. The minimum Gasteiger partial charge on any atom is -0.485 e. The highest BCUT2D eigenvalue weighted by Gasteiger charge is 2.36. The van der Waals surface area contributed by atoms with Crippen LogP contribution in [0.2, 0.25) is 0 Å². The zero-order valence-corrected chi connectivity index (χ0v) is 10.4. The van der Waals surface area contributed by atoms with E-state index < -0.39 is 18.0 Å². The van der Waals surface area contributed by atoms with Crippen molar-refractivity contribution in [2.75, 3.05) is 0 Å². The maximum atomic E-state index is 10.0. The van der Waals surface area contributed by atoms with Gasteiger partial charge in [-0.05, 0) is 37.6 Å². The predicted octanol–water partition coefficient (Wildman–Crippen LogP) is 1.48. The SMILES string of the molecule is CC1(C)Oc2cc3c(cc2CC1O)C=CC(O)O3. The second kappa shape index (κ2) is 3.73. The molecule has 2 unspecified atom stereocenters. The van der Waals surface area contributed by atoms with Gasteiger partial charge < -0.3 is 19.7 Å². The largest absolute Gasteiger partial charge is 0.485 e. The lowest BCUT2D eigenvalue weighted by Crippen LogP contribution is -2.46. The Bertz CT molecular complexity index is 519. The van der Waals surface area contributed by atoms with Gasteiger partial charge in [-0.3, -0.25) is 0 Å². The Morgan fingerprint density at radius 1 is 1.22 bits per heavy atom. The van der Waals surface area contributed by atoms with E-state index in [9.17, 15) is 10.2 Å². The van der Waals surface area contributed by atoms with Gasteiger partial charge in [-0.15, -0.1) is 0 Å². The quantitative estimate of drug-likeness (QED) is 0.730. The number of fused-ring (bicyclic) bond motifs is 2. The Morgan fingerprint density at radius 2 is 2.00 bits per heavy atom. The molecule has 0 saturated carbocycles. The highest BCUT2D eigenvalue weighted by atomic mass is 16.6. The molecule has 0 spiro atoms. The standard InChI is InChI=1S/C14H16O4/c1-14(2)12(15)6-9-5-8-3-4-13(16)17-10(8)7-11(9)18-14/h3-5,7,12-13,15-16H,6H2,1-2H3. The first kappa shape index (κ1) is 11.6. The van der Waals surface area contributed by atoms with E-state index in [4.69, 9.17) is 9.47 Å². The van der Waals surface area contributed by atoms with Crippen LogP contribution in [0, 0.1) is 0 Å². The van der Waals surface area contributed by atoms with Crippen molar-refractivity contribution >= 4 is 6.08 Å². The minimum absolute atomic E-state index is 0.526. The van der Waals surface area contributed by atoms with Gasteiger partial charge in [-0.1, -0.05) is 0 Å². The van der Waals surface area contributed by atoms with Crippen molar-refractivity contribution in [1.29, 1.82) is 0 Å². The van der Waals surface area contributed by atoms with Crippen molar-refractivity contribution in [2.24, 2.45) is 0 Å². The summed E-state index contributed by atoms with van der Waals surface area (Å²) in [7, 11) is 0. The fourth-order valence-electron chi connectivity index (χ4n) is 2.27. The van der Waals surface area contributed by atoms with Crippen LogP contribution in [-0.4, -0.2) is 28.2 Å². The predicted molar refractivity (Wildman–Crippen MR) is 66.5 cm³/mol. The number of ether oxygens (including phenoxy) is 2. The molecular formula is C14H16O4. The third-order valence-electron chi connectivity index (χ3n) is 3.47. The average molecular weight is 248 g/mol. The van der Waals surface area contributed by atoms with Gasteiger partial charge >= 0.3 is 0 Å². The topological polar surface area (TPSA) is 58.9 Å². The maximum absolute atomic E-state index is 10.0. The van der Waals surface area contributed by atoms with Crippen molar-refractivity contribution < 1.29 is 19.7 Å². The number of hydrogen-bond acceptors (Lipinski definition) is 4. The van der Waals surface area contributed by atoms with Gasteiger partial charge in [0.05, 0.1) is 6.10 Å². The van der Waals surface area contributed by atoms with Gasteiger partial charge in [0, 0.05) is 18.1 Å². The van der Waals surface area contributed by atoms with Crippen molar-refractivity contribution in [1.82, 2.24) is 0 Å². The molecule has 2 heterocycles. The van der Waals surface area contributed by atoms with E-state index in [-0.39, 0.29) is 0 Å². The number of rotatable bonds is 0. The monoisotopic (exact) mass is 248 g/mol. The minimum atomic E-state index is -0.905. The van der Waals surface area contributed by atoms with E-state index in [0.717, 1.165) is 11.1 Å². The molecule has 4 heteroatoms. The highest BCUT2D eigenvalue weighted by molar-refractivity contribution is 5.63. The van der Waals surface area contributed by atoms with Gasteiger partial charge in [0.1, 0.15) is 17.1 Å². The van der Waals surface area contributed by atoms with Crippen LogP contribution in [0.15, 0.2) is 18.2 Å². The summed E-state index contributed by atoms with van der Waals surface area (Å²) in [5.74, 6) is 1.32. The Labute approximate surface area is 105 Å². The number of aliphatic hydroxyl groups is 2. The zero-order valence-electron chi connectivity index (χ0n) is 10.4. The Kier molecular flexibility index (Phi) is 2.40. The first-order valence-electron chi connectivity index (χ1n) is 6.02. The molecule has 0 aromatic heterocycles. The summed E-state index contributed by atoms with van der Waals surface area (Å²) < 4.78 is 11.1. The third kappa shape index (κ3) is 1.78. The van der Waals surface area contributed by atoms with Crippen molar-refractivity contribution in [3.63, 3.8) is 0 Å². The van der Waals surface area contributed by atoms with E-state index in [1.807, 2.05) is 26.0 Å². The molecule has 2 aliphatic rings. The zero-order chi connectivity index (χ0) is 12.9. The molecule has 0 amide bonds. The molecule has 2 atom stereocenters. The van der Waals surface area contributed by atoms with Gasteiger partial charge in [0.15, 0.2) is 0 Å².